The number of benzene rings is 1. The minimum atomic E-state index is -3.86. The molecular formula is C9H14N4O2S. The van der Waals surface area contributed by atoms with Crippen molar-refractivity contribution in [1.29, 1.82) is 0 Å². The second-order valence-electron chi connectivity index (χ2n) is 3.45. The second-order valence-corrected chi connectivity index (χ2v) is 5.05. The molecule has 6 N–H and O–H groups in total. The van der Waals surface area contributed by atoms with Gasteiger partial charge < -0.3 is 17.2 Å². The summed E-state index contributed by atoms with van der Waals surface area (Å²) < 4.78 is 26.5. The van der Waals surface area contributed by atoms with Gasteiger partial charge in [-0.25, -0.2) is 0 Å². The van der Waals surface area contributed by atoms with E-state index >= 15 is 0 Å². The van der Waals surface area contributed by atoms with Crippen molar-refractivity contribution in [1.82, 2.24) is 0 Å². The molecule has 0 aliphatic carbocycles. The van der Waals surface area contributed by atoms with Crippen LogP contribution in [-0.2, 0) is 10.0 Å². The number of aryl methyl sites for hydroxylation is 1. The Kier molecular flexibility index (Phi) is 3.09. The van der Waals surface area contributed by atoms with Gasteiger partial charge in [0.2, 0.25) is 5.96 Å². The Morgan fingerprint density at radius 1 is 1.25 bits per heavy atom. The fraction of sp³-hybridized carbons (Fsp3) is 0.222. The zero-order chi connectivity index (χ0) is 12.5. The molecule has 0 aliphatic rings. The van der Waals surface area contributed by atoms with Crippen LogP contribution in [0.4, 0.5) is 5.69 Å². The first kappa shape index (κ1) is 12.3. The molecule has 0 aliphatic heterocycles. The van der Waals surface area contributed by atoms with Crippen molar-refractivity contribution in [3.05, 3.63) is 23.3 Å². The summed E-state index contributed by atoms with van der Waals surface area (Å²) in [6, 6.07) is 2.82. The summed E-state index contributed by atoms with van der Waals surface area (Å²) >= 11 is 0. The molecular weight excluding hydrogens is 228 g/mol. The normalized spacial score (nSPS) is 11.1. The first-order valence-electron chi connectivity index (χ1n) is 4.46. The van der Waals surface area contributed by atoms with E-state index in [0.29, 0.717) is 5.69 Å². The fourth-order valence-electron chi connectivity index (χ4n) is 1.19. The van der Waals surface area contributed by atoms with Crippen molar-refractivity contribution in [2.75, 3.05) is 5.73 Å². The SMILES string of the molecule is Cc1cc(S(=O)(=O)N=C(N)N)cc(N)c1C. The minimum absolute atomic E-state index is 0.0125. The lowest BCUT2D eigenvalue weighted by Crippen LogP contribution is -2.24. The molecule has 0 saturated heterocycles. The predicted molar refractivity (Wildman–Crippen MR) is 63.3 cm³/mol. The number of rotatable bonds is 2. The molecule has 0 heterocycles. The molecule has 6 nitrogen and oxygen atoms in total. The maximum absolute atomic E-state index is 11.7. The van der Waals surface area contributed by atoms with Gasteiger partial charge in [0, 0.05) is 5.69 Å². The highest BCUT2D eigenvalue weighted by Gasteiger charge is 2.15. The number of hydrogen-bond acceptors (Lipinski definition) is 3. The molecule has 1 aromatic carbocycles. The molecule has 7 heteroatoms. The number of nitrogens with two attached hydrogens (primary N) is 3. The van der Waals surface area contributed by atoms with Gasteiger partial charge in [0.05, 0.1) is 4.90 Å². The molecule has 0 aromatic heterocycles. The largest absolute Gasteiger partial charge is 0.398 e. The molecule has 0 saturated carbocycles. The summed E-state index contributed by atoms with van der Waals surface area (Å²) in [6.07, 6.45) is 0. The van der Waals surface area contributed by atoms with Gasteiger partial charge in [-0.1, -0.05) is 0 Å². The summed E-state index contributed by atoms with van der Waals surface area (Å²) in [5.74, 6) is -0.503. The average molecular weight is 242 g/mol. The molecule has 16 heavy (non-hydrogen) atoms. The minimum Gasteiger partial charge on any atom is -0.398 e. The Balaban J connectivity index is 3.42. The van der Waals surface area contributed by atoms with E-state index in [0.717, 1.165) is 11.1 Å². The van der Waals surface area contributed by atoms with Gasteiger partial charge in [0.25, 0.3) is 10.0 Å². The molecule has 1 rings (SSSR count). The van der Waals surface area contributed by atoms with Crippen LogP contribution in [0, 0.1) is 13.8 Å². The topological polar surface area (TPSA) is 125 Å². The van der Waals surface area contributed by atoms with Crippen LogP contribution < -0.4 is 17.2 Å². The first-order chi connectivity index (χ1) is 7.24. The maximum atomic E-state index is 11.7. The molecule has 0 radical (unpaired) electrons. The number of guanidine groups is 1. The molecule has 0 atom stereocenters. The summed E-state index contributed by atoms with van der Waals surface area (Å²) in [5, 5.41) is 0. The quantitative estimate of drug-likeness (QED) is 0.378. The van der Waals surface area contributed by atoms with Gasteiger partial charge >= 0.3 is 0 Å². The number of hydrogen-bond donors (Lipinski definition) is 3. The highest BCUT2D eigenvalue weighted by molar-refractivity contribution is 7.90. The molecule has 0 spiro atoms. The van der Waals surface area contributed by atoms with E-state index in [1.807, 2.05) is 6.92 Å². The van der Waals surface area contributed by atoms with E-state index in [1.165, 1.54) is 12.1 Å². The lowest BCUT2D eigenvalue weighted by molar-refractivity contribution is 0.598. The third kappa shape index (κ3) is 2.43. The summed E-state index contributed by atoms with van der Waals surface area (Å²) in [7, 11) is -3.86. The third-order valence-electron chi connectivity index (χ3n) is 2.20. The summed E-state index contributed by atoms with van der Waals surface area (Å²) in [4.78, 5) is -0.0125. The lowest BCUT2D eigenvalue weighted by atomic mass is 10.1. The van der Waals surface area contributed by atoms with E-state index in [1.54, 1.807) is 6.92 Å². The second kappa shape index (κ2) is 4.01. The van der Waals surface area contributed by atoms with Gasteiger partial charge in [-0.3, -0.25) is 0 Å². The maximum Gasteiger partial charge on any atom is 0.285 e. The van der Waals surface area contributed by atoms with E-state index in [-0.39, 0.29) is 4.90 Å². The van der Waals surface area contributed by atoms with Gasteiger partial charge in [-0.2, -0.15) is 8.42 Å². The smallest absolute Gasteiger partial charge is 0.285 e. The van der Waals surface area contributed by atoms with E-state index < -0.39 is 16.0 Å². The molecule has 0 amide bonds. The van der Waals surface area contributed by atoms with Gasteiger partial charge in [0.15, 0.2) is 0 Å². The van der Waals surface area contributed by atoms with Crippen LogP contribution in [0.1, 0.15) is 11.1 Å². The van der Waals surface area contributed by atoms with Crippen LogP contribution in [0.25, 0.3) is 0 Å². The Bertz CT molecular complexity index is 522. The molecule has 0 fully saturated rings. The molecule has 88 valence electrons. The van der Waals surface area contributed by atoms with Crippen molar-refractivity contribution in [2.45, 2.75) is 18.7 Å². The number of nitrogen functional groups attached to an aromatic ring is 1. The van der Waals surface area contributed by atoms with E-state index in [9.17, 15) is 8.42 Å². The molecule has 1 aromatic rings. The van der Waals surface area contributed by atoms with Gasteiger partial charge in [0.1, 0.15) is 0 Å². The third-order valence-corrected chi connectivity index (χ3v) is 3.49. The van der Waals surface area contributed by atoms with Crippen LogP contribution in [0.5, 0.6) is 0 Å². The standard InChI is InChI=1S/C9H14N4O2S/c1-5-3-7(4-8(10)6(5)2)16(14,15)13-9(11)12/h3-4H,10H2,1-2H3,(H4,11,12,13). The number of nitrogens with zero attached hydrogens (tertiary/aromatic N) is 1. The van der Waals surface area contributed by atoms with Crippen LogP contribution in [0.2, 0.25) is 0 Å². The summed E-state index contributed by atoms with van der Waals surface area (Å²) in [5.41, 5.74) is 17.7. The zero-order valence-corrected chi connectivity index (χ0v) is 9.88. The summed E-state index contributed by atoms with van der Waals surface area (Å²) in [6.45, 7) is 3.57. The van der Waals surface area contributed by atoms with Crippen LogP contribution >= 0.6 is 0 Å². The van der Waals surface area contributed by atoms with Crippen LogP contribution in [0.15, 0.2) is 21.4 Å². The Labute approximate surface area is 94.2 Å². The van der Waals surface area contributed by atoms with Crippen molar-refractivity contribution >= 4 is 21.7 Å². The van der Waals surface area contributed by atoms with Crippen molar-refractivity contribution < 1.29 is 8.42 Å². The average Bonchev–Trinajstić information content (AvgIpc) is 2.11. The first-order valence-corrected chi connectivity index (χ1v) is 5.90. The molecule has 0 bridgehead atoms. The van der Waals surface area contributed by atoms with Crippen LogP contribution in [0.3, 0.4) is 0 Å². The predicted octanol–water partition coefficient (Wildman–Crippen LogP) is -0.152. The highest BCUT2D eigenvalue weighted by Crippen LogP contribution is 2.22. The van der Waals surface area contributed by atoms with Crippen molar-refractivity contribution in [2.24, 2.45) is 15.9 Å². The fourth-order valence-corrected chi connectivity index (χ4v) is 2.18. The number of sulfonamides is 1. The van der Waals surface area contributed by atoms with Gasteiger partial charge in [-0.15, -0.1) is 4.40 Å². The Morgan fingerprint density at radius 3 is 2.25 bits per heavy atom. The van der Waals surface area contributed by atoms with Crippen molar-refractivity contribution in [3.8, 4) is 0 Å². The van der Waals surface area contributed by atoms with Crippen molar-refractivity contribution in [3.63, 3.8) is 0 Å². The van der Waals surface area contributed by atoms with E-state index in [4.69, 9.17) is 17.2 Å². The lowest BCUT2D eigenvalue weighted by Gasteiger charge is -2.07. The highest BCUT2D eigenvalue weighted by atomic mass is 32.2. The molecule has 0 unspecified atom stereocenters. The monoisotopic (exact) mass is 242 g/mol. The van der Waals surface area contributed by atoms with E-state index in [2.05, 4.69) is 4.40 Å². The van der Waals surface area contributed by atoms with Gasteiger partial charge in [-0.05, 0) is 37.1 Å². The van der Waals surface area contributed by atoms with Crippen LogP contribution in [-0.4, -0.2) is 14.4 Å². The Hall–Kier alpha value is -1.76. The zero-order valence-electron chi connectivity index (χ0n) is 9.06. The Morgan fingerprint density at radius 2 is 1.81 bits per heavy atom. The number of anilines is 1.